The molecule has 0 spiro atoms. The molecule has 0 radical (unpaired) electrons. The Morgan fingerprint density at radius 2 is 1.86 bits per heavy atom. The summed E-state index contributed by atoms with van der Waals surface area (Å²) in [6.45, 7) is 4.48. The Morgan fingerprint density at radius 1 is 1.14 bits per heavy atom. The molecular weight excluding hydrogens is 366 g/mol. The van der Waals surface area contributed by atoms with E-state index in [-0.39, 0.29) is 17.8 Å². The van der Waals surface area contributed by atoms with Gasteiger partial charge in [0.1, 0.15) is 12.4 Å². The van der Waals surface area contributed by atoms with Crippen molar-refractivity contribution in [1.82, 2.24) is 14.3 Å². The van der Waals surface area contributed by atoms with Gasteiger partial charge in [-0.3, -0.25) is 4.57 Å². The van der Waals surface area contributed by atoms with Gasteiger partial charge in [0.05, 0.1) is 12.1 Å². The van der Waals surface area contributed by atoms with E-state index in [1.165, 1.54) is 4.68 Å². The lowest BCUT2D eigenvalue weighted by molar-refractivity contribution is 0.0697. The van der Waals surface area contributed by atoms with Crippen LogP contribution in [0.3, 0.4) is 0 Å². The molecule has 0 saturated heterocycles. The Labute approximate surface area is 169 Å². The van der Waals surface area contributed by atoms with Crippen molar-refractivity contribution in [3.8, 4) is 23.0 Å². The predicted molar refractivity (Wildman–Crippen MR) is 112 cm³/mol. The van der Waals surface area contributed by atoms with Crippen molar-refractivity contribution < 1.29 is 9.90 Å². The van der Waals surface area contributed by atoms with E-state index in [9.17, 15) is 14.7 Å². The summed E-state index contributed by atoms with van der Waals surface area (Å²) in [6, 6.07) is 14.5. The van der Waals surface area contributed by atoms with Crippen LogP contribution in [0.2, 0.25) is 0 Å². The van der Waals surface area contributed by atoms with Crippen LogP contribution in [0, 0.1) is 11.8 Å². The largest absolute Gasteiger partial charge is 0.478 e. The third-order valence-corrected chi connectivity index (χ3v) is 4.64. The van der Waals surface area contributed by atoms with Gasteiger partial charge in [0.25, 0.3) is 0 Å². The van der Waals surface area contributed by atoms with Gasteiger partial charge in [-0.25, -0.2) is 14.3 Å². The number of hydrogen-bond acceptors (Lipinski definition) is 3. The quantitative estimate of drug-likeness (QED) is 0.628. The number of rotatable bonds is 7. The minimum Gasteiger partial charge on any atom is -0.478 e. The number of benzene rings is 2. The van der Waals surface area contributed by atoms with Crippen molar-refractivity contribution in [3.63, 3.8) is 0 Å². The van der Waals surface area contributed by atoms with Crippen molar-refractivity contribution in [1.29, 1.82) is 0 Å². The maximum Gasteiger partial charge on any atom is 0.347 e. The number of aryl methyl sites for hydroxylation is 1. The van der Waals surface area contributed by atoms with E-state index in [2.05, 4.69) is 16.9 Å². The molecule has 6 heteroatoms. The number of hydrogen-bond donors (Lipinski definition) is 1. The molecule has 0 aliphatic rings. The van der Waals surface area contributed by atoms with Crippen molar-refractivity contribution in [2.75, 3.05) is 0 Å². The van der Waals surface area contributed by atoms with Gasteiger partial charge in [-0.05, 0) is 36.1 Å². The van der Waals surface area contributed by atoms with Crippen LogP contribution >= 0.6 is 0 Å². The zero-order valence-electron chi connectivity index (χ0n) is 16.6. The van der Waals surface area contributed by atoms with E-state index in [1.54, 1.807) is 29.7 Å². The molecule has 0 unspecified atom stereocenters. The Morgan fingerprint density at radius 3 is 2.52 bits per heavy atom. The van der Waals surface area contributed by atoms with Crippen LogP contribution < -0.4 is 5.69 Å². The van der Waals surface area contributed by atoms with Crippen molar-refractivity contribution >= 4 is 5.97 Å². The van der Waals surface area contributed by atoms with Crippen LogP contribution in [-0.2, 0) is 19.5 Å². The predicted octanol–water partition coefficient (Wildman–Crippen LogP) is 3.43. The fraction of sp³-hybridized carbons (Fsp3) is 0.261. The normalized spacial score (nSPS) is 10.4. The van der Waals surface area contributed by atoms with Gasteiger partial charge in [-0.1, -0.05) is 55.3 Å². The zero-order valence-corrected chi connectivity index (χ0v) is 16.6. The average molecular weight is 389 g/mol. The second kappa shape index (κ2) is 9.07. The van der Waals surface area contributed by atoms with Crippen LogP contribution in [0.4, 0.5) is 0 Å². The minimum absolute atomic E-state index is 0.170. The van der Waals surface area contributed by atoms with Crippen molar-refractivity contribution in [2.45, 2.75) is 39.8 Å². The minimum atomic E-state index is -0.956. The van der Waals surface area contributed by atoms with E-state index in [1.807, 2.05) is 37.3 Å². The first-order valence-corrected chi connectivity index (χ1v) is 9.53. The van der Waals surface area contributed by atoms with Gasteiger partial charge in [0, 0.05) is 6.42 Å². The standard InChI is InChI=1S/C23H23N3O3/c1-3-5-15-26-23(29)25(21(24-26)8-4-2)16-17-11-13-18(14-12-17)19-9-6-7-10-20(19)22(27)28/h6-7,9-14H,4,8,15-16H2,1-2H3,(H,27,28). The van der Waals surface area contributed by atoms with Gasteiger partial charge >= 0.3 is 11.7 Å². The molecule has 0 amide bonds. The van der Waals surface area contributed by atoms with Crippen LogP contribution in [0.5, 0.6) is 0 Å². The Balaban J connectivity index is 1.90. The summed E-state index contributed by atoms with van der Waals surface area (Å²) in [5.41, 5.74) is 2.53. The lowest BCUT2D eigenvalue weighted by Crippen LogP contribution is -2.25. The Kier molecular flexibility index (Phi) is 6.30. The first-order chi connectivity index (χ1) is 14.0. The summed E-state index contributed by atoms with van der Waals surface area (Å²) in [7, 11) is 0. The molecule has 0 aliphatic heterocycles. The number of carbonyl (C=O) groups is 1. The SMILES string of the molecule is CC#CCn1nc(CCC)n(Cc2ccc(-c3ccccc3C(=O)O)cc2)c1=O. The van der Waals surface area contributed by atoms with Gasteiger partial charge < -0.3 is 5.11 Å². The monoisotopic (exact) mass is 389 g/mol. The summed E-state index contributed by atoms with van der Waals surface area (Å²) in [6.07, 6.45) is 1.60. The lowest BCUT2D eigenvalue weighted by Gasteiger charge is -2.09. The number of nitrogens with zero attached hydrogens (tertiary/aromatic N) is 3. The summed E-state index contributed by atoms with van der Waals surface area (Å²) in [5.74, 6) is 5.46. The second-order valence-corrected chi connectivity index (χ2v) is 6.67. The molecule has 0 bridgehead atoms. The number of carboxylic acids is 1. The smallest absolute Gasteiger partial charge is 0.347 e. The molecule has 6 nitrogen and oxygen atoms in total. The highest BCUT2D eigenvalue weighted by molar-refractivity contribution is 5.95. The lowest BCUT2D eigenvalue weighted by atomic mass is 9.99. The number of aromatic carboxylic acids is 1. The highest BCUT2D eigenvalue weighted by Gasteiger charge is 2.14. The fourth-order valence-electron chi connectivity index (χ4n) is 3.20. The number of aromatic nitrogens is 3. The van der Waals surface area contributed by atoms with Gasteiger partial charge in [-0.2, -0.15) is 5.10 Å². The molecule has 29 heavy (non-hydrogen) atoms. The summed E-state index contributed by atoms with van der Waals surface area (Å²) in [4.78, 5) is 24.2. The van der Waals surface area contributed by atoms with E-state index in [0.717, 1.165) is 23.4 Å². The Hall–Kier alpha value is -3.59. The van der Waals surface area contributed by atoms with Crippen molar-refractivity contribution in [2.24, 2.45) is 0 Å². The Bertz CT molecular complexity index is 1130. The molecule has 1 heterocycles. The molecule has 0 fully saturated rings. The van der Waals surface area contributed by atoms with Crippen LogP contribution in [0.1, 0.15) is 42.0 Å². The third kappa shape index (κ3) is 4.46. The topological polar surface area (TPSA) is 77.1 Å². The average Bonchev–Trinajstić information content (AvgIpc) is 3.02. The van der Waals surface area contributed by atoms with Gasteiger partial charge in [0.2, 0.25) is 0 Å². The summed E-state index contributed by atoms with van der Waals surface area (Å²) >= 11 is 0. The second-order valence-electron chi connectivity index (χ2n) is 6.67. The fourth-order valence-corrected chi connectivity index (χ4v) is 3.20. The first-order valence-electron chi connectivity index (χ1n) is 9.53. The van der Waals surface area contributed by atoms with Gasteiger partial charge in [0.15, 0.2) is 0 Å². The molecule has 148 valence electrons. The molecule has 0 atom stereocenters. The molecular formula is C23H23N3O3. The molecule has 2 aromatic carbocycles. The molecule has 1 N–H and O–H groups in total. The van der Waals surface area contributed by atoms with E-state index >= 15 is 0 Å². The van der Waals surface area contributed by atoms with Crippen LogP contribution in [-0.4, -0.2) is 25.4 Å². The molecule has 3 aromatic rings. The molecule has 1 aromatic heterocycles. The van der Waals surface area contributed by atoms with Crippen molar-refractivity contribution in [3.05, 3.63) is 76.0 Å². The van der Waals surface area contributed by atoms with Crippen LogP contribution in [0.25, 0.3) is 11.1 Å². The van der Waals surface area contributed by atoms with E-state index in [4.69, 9.17) is 0 Å². The van der Waals surface area contributed by atoms with E-state index < -0.39 is 5.97 Å². The maximum atomic E-state index is 12.7. The summed E-state index contributed by atoms with van der Waals surface area (Å²) in [5, 5.41) is 13.8. The molecule has 3 rings (SSSR count). The number of carboxylic acid groups (broad SMARTS) is 1. The first kappa shape index (κ1) is 20.2. The van der Waals surface area contributed by atoms with E-state index in [0.29, 0.717) is 18.5 Å². The molecule has 0 aliphatic carbocycles. The maximum absolute atomic E-state index is 12.7. The molecule has 0 saturated carbocycles. The van der Waals surface area contributed by atoms with Gasteiger partial charge in [-0.15, -0.1) is 5.92 Å². The van der Waals surface area contributed by atoms with Crippen LogP contribution in [0.15, 0.2) is 53.3 Å². The zero-order chi connectivity index (χ0) is 20.8. The third-order valence-electron chi connectivity index (χ3n) is 4.64. The highest BCUT2D eigenvalue weighted by atomic mass is 16.4. The highest BCUT2D eigenvalue weighted by Crippen LogP contribution is 2.24. The summed E-state index contributed by atoms with van der Waals surface area (Å²) < 4.78 is 3.08.